The Bertz CT molecular complexity index is 547. The van der Waals surface area contributed by atoms with E-state index < -0.39 is 0 Å². The molecule has 0 unspecified atom stereocenters. The Balaban J connectivity index is 2.61. The van der Waals surface area contributed by atoms with E-state index >= 15 is 0 Å². The summed E-state index contributed by atoms with van der Waals surface area (Å²) in [5.41, 5.74) is 0.825. The zero-order valence-electron chi connectivity index (χ0n) is 7.44. The molecule has 65 valence electrons. The smallest absolute Gasteiger partial charge is 0.101 e. The lowest BCUT2D eigenvalue weighted by Gasteiger charge is -2.00. The van der Waals surface area contributed by atoms with Crippen LogP contribution in [0.5, 0.6) is 0 Å². The van der Waals surface area contributed by atoms with Gasteiger partial charge in [-0.15, -0.1) is 5.10 Å². The summed E-state index contributed by atoms with van der Waals surface area (Å²) in [7, 11) is 0. The number of aromatic nitrogens is 2. The first kappa shape index (κ1) is 7.44. The van der Waals surface area contributed by atoms with Crippen molar-refractivity contribution in [2.45, 2.75) is 0 Å². The molecule has 0 bridgehead atoms. The average Bonchev–Trinajstić information content (AvgIpc) is 2.29. The monoisotopic (exact) mass is 179 g/mol. The normalized spacial score (nSPS) is 10.9. The zero-order chi connectivity index (χ0) is 9.38. The topological polar surface area (TPSA) is 25.8 Å². The largest absolute Gasteiger partial charge is 0.158 e. The average molecular weight is 179 g/mol. The van der Waals surface area contributed by atoms with Crippen molar-refractivity contribution in [3.8, 4) is 0 Å². The van der Waals surface area contributed by atoms with E-state index in [9.17, 15) is 0 Å². The van der Waals surface area contributed by atoms with Crippen LogP contribution in [0.25, 0.3) is 21.7 Å². The van der Waals surface area contributed by atoms with Gasteiger partial charge in [0.2, 0.25) is 0 Å². The summed E-state index contributed by atoms with van der Waals surface area (Å²) in [6, 6.07) is 15.3. The molecule has 1 radical (unpaired) electrons. The van der Waals surface area contributed by atoms with Crippen LogP contribution in [0.2, 0.25) is 0 Å². The van der Waals surface area contributed by atoms with Crippen LogP contribution in [0.4, 0.5) is 0 Å². The predicted molar refractivity (Wildman–Crippen MR) is 55.9 cm³/mol. The number of benzene rings is 2. The van der Waals surface area contributed by atoms with Gasteiger partial charge in [0.05, 0.1) is 6.20 Å². The summed E-state index contributed by atoms with van der Waals surface area (Å²) in [5, 5.41) is 11.4. The molecule has 2 nitrogen and oxygen atoms in total. The highest BCUT2D eigenvalue weighted by Crippen LogP contribution is 2.22. The molecule has 0 N–H and O–H groups in total. The minimum Gasteiger partial charge on any atom is -0.158 e. The van der Waals surface area contributed by atoms with Crippen molar-refractivity contribution in [3.63, 3.8) is 0 Å². The first-order chi connectivity index (χ1) is 6.95. The summed E-state index contributed by atoms with van der Waals surface area (Å²) in [6.07, 6.45) is 1.71. The lowest BCUT2D eigenvalue weighted by atomic mass is 10.1. The lowest BCUT2D eigenvalue weighted by molar-refractivity contribution is 1.08. The third-order valence-corrected chi connectivity index (χ3v) is 2.34. The molecular formula is C12H7N2. The van der Waals surface area contributed by atoms with E-state index in [4.69, 9.17) is 0 Å². The SMILES string of the molecule is [c]1cc2ccccc2c2ccnnc12. The van der Waals surface area contributed by atoms with Gasteiger partial charge in [0.15, 0.2) is 0 Å². The van der Waals surface area contributed by atoms with E-state index in [-0.39, 0.29) is 0 Å². The van der Waals surface area contributed by atoms with Gasteiger partial charge in [-0.05, 0) is 22.9 Å². The van der Waals surface area contributed by atoms with Gasteiger partial charge in [-0.25, -0.2) is 0 Å². The molecule has 1 heterocycles. The molecule has 0 aliphatic rings. The molecule has 3 aromatic rings. The van der Waals surface area contributed by atoms with Gasteiger partial charge in [-0.2, -0.15) is 5.10 Å². The van der Waals surface area contributed by atoms with Crippen LogP contribution in [0.3, 0.4) is 0 Å². The second kappa shape index (κ2) is 2.77. The van der Waals surface area contributed by atoms with Crippen molar-refractivity contribution < 1.29 is 0 Å². The Kier molecular flexibility index (Phi) is 1.47. The second-order valence-electron chi connectivity index (χ2n) is 3.17. The van der Waals surface area contributed by atoms with E-state index in [1.165, 1.54) is 10.8 Å². The Hall–Kier alpha value is -1.96. The molecule has 0 atom stereocenters. The molecule has 0 saturated carbocycles. The minimum absolute atomic E-state index is 0.825. The molecule has 2 aromatic carbocycles. The van der Waals surface area contributed by atoms with Gasteiger partial charge in [0.25, 0.3) is 0 Å². The fraction of sp³-hybridized carbons (Fsp3) is 0. The maximum absolute atomic E-state index is 4.03. The molecule has 14 heavy (non-hydrogen) atoms. The van der Waals surface area contributed by atoms with Crippen molar-refractivity contribution in [2.24, 2.45) is 0 Å². The summed E-state index contributed by atoms with van der Waals surface area (Å²) in [5.74, 6) is 0. The summed E-state index contributed by atoms with van der Waals surface area (Å²) >= 11 is 0. The Morgan fingerprint density at radius 3 is 2.93 bits per heavy atom. The van der Waals surface area contributed by atoms with Crippen molar-refractivity contribution in [1.29, 1.82) is 0 Å². The van der Waals surface area contributed by atoms with Crippen molar-refractivity contribution in [2.75, 3.05) is 0 Å². The summed E-state index contributed by atoms with van der Waals surface area (Å²) < 4.78 is 0. The van der Waals surface area contributed by atoms with Gasteiger partial charge >= 0.3 is 0 Å². The van der Waals surface area contributed by atoms with Gasteiger partial charge < -0.3 is 0 Å². The third kappa shape index (κ3) is 0.973. The van der Waals surface area contributed by atoms with Crippen LogP contribution in [0.1, 0.15) is 0 Å². The molecule has 0 saturated heterocycles. The third-order valence-electron chi connectivity index (χ3n) is 2.34. The van der Waals surface area contributed by atoms with Gasteiger partial charge in [0, 0.05) is 11.5 Å². The predicted octanol–water partition coefficient (Wildman–Crippen LogP) is 2.58. The van der Waals surface area contributed by atoms with Crippen LogP contribution in [-0.4, -0.2) is 10.2 Å². The fourth-order valence-electron chi connectivity index (χ4n) is 1.67. The standard InChI is InChI=1S/C12H7N2/c1-2-4-10-9(3-1)5-6-12-11(10)7-8-13-14-12/h1-5,7-8H. The number of fused-ring (bicyclic) bond motifs is 3. The van der Waals surface area contributed by atoms with Crippen molar-refractivity contribution in [3.05, 3.63) is 48.7 Å². The van der Waals surface area contributed by atoms with Crippen LogP contribution < -0.4 is 0 Å². The van der Waals surface area contributed by atoms with Crippen LogP contribution in [0, 0.1) is 6.07 Å². The molecule has 0 spiro atoms. The van der Waals surface area contributed by atoms with E-state index in [1.54, 1.807) is 6.20 Å². The number of hydrogen-bond acceptors (Lipinski definition) is 2. The highest BCUT2D eigenvalue weighted by Gasteiger charge is 1.99. The summed E-state index contributed by atoms with van der Waals surface area (Å²) in [6.45, 7) is 0. The highest BCUT2D eigenvalue weighted by atomic mass is 15.1. The van der Waals surface area contributed by atoms with Crippen molar-refractivity contribution >= 4 is 21.7 Å². The number of rotatable bonds is 0. The van der Waals surface area contributed by atoms with Crippen LogP contribution in [0.15, 0.2) is 42.6 Å². The first-order valence-electron chi connectivity index (χ1n) is 4.46. The van der Waals surface area contributed by atoms with E-state index in [1.807, 2.05) is 24.3 Å². The summed E-state index contributed by atoms with van der Waals surface area (Å²) in [4.78, 5) is 0. The Labute approximate surface area is 81.2 Å². The minimum atomic E-state index is 0.825. The van der Waals surface area contributed by atoms with Gasteiger partial charge in [0.1, 0.15) is 5.52 Å². The van der Waals surface area contributed by atoms with Crippen LogP contribution >= 0.6 is 0 Å². The quantitative estimate of drug-likeness (QED) is 0.496. The van der Waals surface area contributed by atoms with Crippen LogP contribution in [-0.2, 0) is 0 Å². The molecule has 0 aliphatic heterocycles. The van der Waals surface area contributed by atoms with Gasteiger partial charge in [-0.1, -0.05) is 24.3 Å². The fourth-order valence-corrected chi connectivity index (χ4v) is 1.67. The number of nitrogens with zero attached hydrogens (tertiary/aromatic N) is 2. The Morgan fingerprint density at radius 1 is 1.00 bits per heavy atom. The van der Waals surface area contributed by atoms with Crippen molar-refractivity contribution in [1.82, 2.24) is 10.2 Å². The molecule has 0 fully saturated rings. The molecule has 1 aromatic heterocycles. The lowest BCUT2D eigenvalue weighted by Crippen LogP contribution is -1.83. The van der Waals surface area contributed by atoms with E-state index in [2.05, 4.69) is 28.4 Å². The molecular weight excluding hydrogens is 172 g/mol. The molecule has 2 heteroatoms. The maximum atomic E-state index is 4.03. The molecule has 0 amide bonds. The maximum Gasteiger partial charge on any atom is 0.101 e. The second-order valence-corrected chi connectivity index (χ2v) is 3.17. The Morgan fingerprint density at radius 2 is 1.93 bits per heavy atom. The highest BCUT2D eigenvalue weighted by molar-refractivity contribution is 6.05. The first-order valence-corrected chi connectivity index (χ1v) is 4.46. The molecule has 3 rings (SSSR count). The van der Waals surface area contributed by atoms with E-state index in [0.29, 0.717) is 0 Å². The zero-order valence-corrected chi connectivity index (χ0v) is 7.44. The molecule has 0 aliphatic carbocycles. The van der Waals surface area contributed by atoms with E-state index in [0.717, 1.165) is 10.9 Å². The van der Waals surface area contributed by atoms with Gasteiger partial charge in [-0.3, -0.25) is 0 Å². The number of hydrogen-bond donors (Lipinski definition) is 0.